The van der Waals surface area contributed by atoms with E-state index in [0.29, 0.717) is 45.1 Å². The quantitative estimate of drug-likeness (QED) is 0.212. The first kappa shape index (κ1) is 22.1. The number of carbonyl (C=O) groups excluding carboxylic acids is 2. The van der Waals surface area contributed by atoms with Gasteiger partial charge >= 0.3 is 5.97 Å². The second kappa shape index (κ2) is 8.90. The van der Waals surface area contributed by atoms with E-state index in [2.05, 4.69) is 0 Å². The molecule has 35 heavy (non-hydrogen) atoms. The van der Waals surface area contributed by atoms with Gasteiger partial charge in [0.15, 0.2) is 28.6 Å². The van der Waals surface area contributed by atoms with Gasteiger partial charge in [-0.1, -0.05) is 18.2 Å². The molecule has 0 unspecified atom stereocenters. The third kappa shape index (κ3) is 4.06. The second-order valence-electron chi connectivity index (χ2n) is 7.59. The Labute approximate surface area is 200 Å². The first-order chi connectivity index (χ1) is 17.0. The van der Waals surface area contributed by atoms with E-state index in [9.17, 15) is 9.59 Å². The Hall–Kier alpha value is -4.72. The molecule has 0 spiro atoms. The van der Waals surface area contributed by atoms with Crippen LogP contribution in [0.25, 0.3) is 17.0 Å². The lowest BCUT2D eigenvalue weighted by Crippen LogP contribution is -2.07. The molecule has 0 N–H and O–H groups in total. The van der Waals surface area contributed by atoms with Crippen molar-refractivity contribution in [1.29, 1.82) is 0 Å². The number of ketones is 1. The van der Waals surface area contributed by atoms with Gasteiger partial charge in [-0.2, -0.15) is 0 Å². The van der Waals surface area contributed by atoms with E-state index < -0.39 is 5.97 Å². The molecule has 0 atom stereocenters. The highest BCUT2D eigenvalue weighted by Crippen LogP contribution is 2.36. The summed E-state index contributed by atoms with van der Waals surface area (Å²) in [5, 5.41) is 0.712. The summed E-state index contributed by atoms with van der Waals surface area (Å²) in [4.78, 5) is 25.5. The summed E-state index contributed by atoms with van der Waals surface area (Å²) in [5.74, 6) is 1.31. The van der Waals surface area contributed by atoms with Crippen LogP contribution < -0.4 is 23.7 Å². The van der Waals surface area contributed by atoms with E-state index in [4.69, 9.17) is 28.1 Å². The molecular weight excluding hydrogens is 452 g/mol. The molecule has 3 aromatic carbocycles. The first-order valence-electron chi connectivity index (χ1n) is 10.6. The predicted octanol–water partition coefficient (Wildman–Crippen LogP) is 5.29. The fourth-order valence-corrected chi connectivity index (χ4v) is 3.78. The monoisotopic (exact) mass is 472 g/mol. The van der Waals surface area contributed by atoms with Crippen LogP contribution in [-0.2, 0) is 0 Å². The van der Waals surface area contributed by atoms with Gasteiger partial charge in [0.2, 0.25) is 11.5 Å². The van der Waals surface area contributed by atoms with Gasteiger partial charge in [-0.25, -0.2) is 4.79 Å². The molecule has 0 amide bonds. The van der Waals surface area contributed by atoms with Gasteiger partial charge in [0.25, 0.3) is 0 Å². The van der Waals surface area contributed by atoms with Crippen molar-refractivity contribution in [1.82, 2.24) is 0 Å². The average molecular weight is 472 g/mol. The van der Waals surface area contributed by atoms with Gasteiger partial charge in [-0.05, 0) is 48.0 Å². The van der Waals surface area contributed by atoms with Crippen LogP contribution in [0.2, 0.25) is 0 Å². The number of allylic oxidation sites excluding steroid dienone is 1. The summed E-state index contributed by atoms with van der Waals surface area (Å²) in [6.07, 6.45) is 1.61. The Morgan fingerprint density at radius 2 is 1.66 bits per heavy atom. The standard InChI is InChI=1S/C27H20O8/c1-30-19-10-7-15(11-22(19)32-3)12-23-25(28)18-9-8-17(14-21(18)34-23)33-27(29)24-13-16-5-4-6-20(31-2)26(16)35-24/h4-14H,1-3H3/b23-12-. The van der Waals surface area contributed by atoms with Crippen LogP contribution in [0.3, 0.4) is 0 Å². The van der Waals surface area contributed by atoms with Gasteiger partial charge in [0.1, 0.15) is 11.5 Å². The Morgan fingerprint density at radius 1 is 0.857 bits per heavy atom. The number of benzene rings is 3. The molecule has 4 aromatic rings. The van der Waals surface area contributed by atoms with Crippen molar-refractivity contribution in [2.45, 2.75) is 0 Å². The number of hydrogen-bond donors (Lipinski definition) is 0. The van der Waals surface area contributed by atoms with Crippen LogP contribution in [0.4, 0.5) is 0 Å². The van der Waals surface area contributed by atoms with E-state index in [1.807, 2.05) is 0 Å². The Kier molecular flexibility index (Phi) is 5.62. The summed E-state index contributed by atoms with van der Waals surface area (Å²) in [7, 11) is 4.60. The third-order valence-electron chi connectivity index (χ3n) is 5.49. The van der Waals surface area contributed by atoms with Gasteiger partial charge in [0.05, 0.1) is 26.9 Å². The number of para-hydroxylation sites is 1. The first-order valence-corrected chi connectivity index (χ1v) is 10.6. The van der Waals surface area contributed by atoms with Crippen LogP contribution in [0.5, 0.6) is 28.7 Å². The van der Waals surface area contributed by atoms with Crippen LogP contribution in [-0.4, -0.2) is 33.1 Å². The zero-order chi connectivity index (χ0) is 24.5. The molecule has 0 aliphatic carbocycles. The molecule has 2 heterocycles. The minimum Gasteiger partial charge on any atom is -0.493 e. The van der Waals surface area contributed by atoms with Gasteiger partial charge in [-0.3, -0.25) is 4.79 Å². The van der Waals surface area contributed by atoms with E-state index >= 15 is 0 Å². The van der Waals surface area contributed by atoms with E-state index in [0.717, 1.165) is 0 Å². The summed E-state index contributed by atoms with van der Waals surface area (Å²) in [6, 6.07) is 16.8. The van der Waals surface area contributed by atoms with Crippen LogP contribution in [0, 0.1) is 0 Å². The molecule has 0 radical (unpaired) electrons. The maximum absolute atomic E-state index is 12.8. The molecular formula is C27H20O8. The SMILES string of the molecule is COc1ccc(/C=C2\Oc3cc(OC(=O)c4cc5cccc(OC)c5o4)ccc3C2=O)cc1OC. The number of Topliss-reactive ketones (excluding diaryl/α,β-unsaturated/α-hetero) is 1. The number of esters is 1. The van der Waals surface area contributed by atoms with E-state index in [1.54, 1.807) is 61.7 Å². The zero-order valence-electron chi connectivity index (χ0n) is 19.1. The van der Waals surface area contributed by atoms with Crippen molar-refractivity contribution in [3.05, 3.63) is 83.3 Å². The van der Waals surface area contributed by atoms with Gasteiger partial charge in [0, 0.05) is 11.5 Å². The molecule has 8 nitrogen and oxygen atoms in total. The van der Waals surface area contributed by atoms with Crippen LogP contribution in [0.15, 0.2) is 70.8 Å². The molecule has 8 heteroatoms. The highest BCUT2D eigenvalue weighted by Gasteiger charge is 2.28. The Morgan fingerprint density at radius 3 is 2.43 bits per heavy atom. The molecule has 1 aromatic heterocycles. The molecule has 0 fully saturated rings. The number of fused-ring (bicyclic) bond motifs is 2. The van der Waals surface area contributed by atoms with Crippen molar-refractivity contribution in [3.63, 3.8) is 0 Å². The number of furan rings is 1. The molecule has 1 aliphatic heterocycles. The number of carbonyl (C=O) groups is 2. The minimum atomic E-state index is -0.686. The Balaban J connectivity index is 1.36. The topological polar surface area (TPSA) is 93.4 Å². The molecule has 1 aliphatic rings. The van der Waals surface area contributed by atoms with Gasteiger partial charge in [-0.15, -0.1) is 0 Å². The number of ether oxygens (including phenoxy) is 5. The highest BCUT2D eigenvalue weighted by molar-refractivity contribution is 6.14. The fraction of sp³-hybridized carbons (Fsp3) is 0.111. The molecule has 0 saturated heterocycles. The van der Waals surface area contributed by atoms with Crippen molar-refractivity contribution >= 4 is 28.8 Å². The highest BCUT2D eigenvalue weighted by atomic mass is 16.6. The average Bonchev–Trinajstić information content (AvgIpc) is 3.45. The Bertz CT molecular complexity index is 1490. The lowest BCUT2D eigenvalue weighted by atomic mass is 10.1. The van der Waals surface area contributed by atoms with Crippen molar-refractivity contribution in [3.8, 4) is 28.7 Å². The lowest BCUT2D eigenvalue weighted by molar-refractivity contribution is 0.0703. The van der Waals surface area contributed by atoms with Crippen LogP contribution in [0.1, 0.15) is 26.5 Å². The summed E-state index contributed by atoms with van der Waals surface area (Å²) in [5.41, 5.74) is 1.52. The molecule has 5 rings (SSSR count). The molecule has 0 bridgehead atoms. The zero-order valence-corrected chi connectivity index (χ0v) is 19.1. The summed E-state index contributed by atoms with van der Waals surface area (Å²) >= 11 is 0. The van der Waals surface area contributed by atoms with Crippen molar-refractivity contribution in [2.24, 2.45) is 0 Å². The number of rotatable bonds is 6. The van der Waals surface area contributed by atoms with Crippen LogP contribution >= 0.6 is 0 Å². The number of hydrogen-bond acceptors (Lipinski definition) is 8. The maximum atomic E-state index is 12.8. The number of methoxy groups -OCH3 is 3. The van der Waals surface area contributed by atoms with Crippen molar-refractivity contribution < 1.29 is 37.7 Å². The third-order valence-corrected chi connectivity index (χ3v) is 5.49. The fourth-order valence-electron chi connectivity index (χ4n) is 3.78. The van der Waals surface area contributed by atoms with E-state index in [1.165, 1.54) is 26.4 Å². The summed E-state index contributed by atoms with van der Waals surface area (Å²) in [6.45, 7) is 0. The second-order valence-corrected chi connectivity index (χ2v) is 7.59. The lowest BCUT2D eigenvalue weighted by Gasteiger charge is -2.08. The van der Waals surface area contributed by atoms with Crippen molar-refractivity contribution in [2.75, 3.05) is 21.3 Å². The molecule has 176 valence electrons. The van der Waals surface area contributed by atoms with E-state index in [-0.39, 0.29) is 23.1 Å². The molecule has 0 saturated carbocycles. The smallest absolute Gasteiger partial charge is 0.379 e. The van der Waals surface area contributed by atoms with Gasteiger partial charge < -0.3 is 28.1 Å². The predicted molar refractivity (Wildman–Crippen MR) is 127 cm³/mol. The minimum absolute atomic E-state index is 0.0241. The summed E-state index contributed by atoms with van der Waals surface area (Å²) < 4.78 is 32.7. The maximum Gasteiger partial charge on any atom is 0.379 e. The largest absolute Gasteiger partial charge is 0.493 e. The normalized spacial score (nSPS) is 13.5.